The third-order valence-electron chi connectivity index (χ3n) is 4.24. The molecular weight excluding hydrogens is 255 g/mol. The van der Waals surface area contributed by atoms with Crippen molar-refractivity contribution in [2.75, 3.05) is 20.2 Å². The van der Waals surface area contributed by atoms with Crippen molar-refractivity contribution in [3.05, 3.63) is 29.6 Å². The molecule has 2 rings (SSSR count). The smallest absolute Gasteiger partial charge is 0.169 e. The molecule has 0 spiro atoms. The summed E-state index contributed by atoms with van der Waals surface area (Å²) in [5.74, 6) is 0.0832. The molecule has 20 heavy (non-hydrogen) atoms. The molecule has 1 aromatic rings. The van der Waals surface area contributed by atoms with Gasteiger partial charge in [0.05, 0.1) is 7.11 Å². The largest absolute Gasteiger partial charge is 0.494 e. The molecule has 0 aliphatic carbocycles. The summed E-state index contributed by atoms with van der Waals surface area (Å²) in [5, 5.41) is 3.55. The summed E-state index contributed by atoms with van der Waals surface area (Å²) in [6, 6.07) is 5.84. The van der Waals surface area contributed by atoms with Crippen LogP contribution in [0.5, 0.6) is 5.75 Å². The zero-order valence-corrected chi connectivity index (χ0v) is 12.9. The van der Waals surface area contributed by atoms with Crippen LogP contribution in [0.3, 0.4) is 0 Å². The maximum absolute atomic E-state index is 14.3. The van der Waals surface area contributed by atoms with Gasteiger partial charge < -0.3 is 10.1 Å². The van der Waals surface area contributed by atoms with E-state index in [9.17, 15) is 4.39 Å². The maximum atomic E-state index is 14.3. The van der Waals surface area contributed by atoms with E-state index in [1.165, 1.54) is 7.11 Å². The number of halogens is 1. The number of piperazine rings is 1. The van der Waals surface area contributed by atoms with E-state index >= 15 is 0 Å². The monoisotopic (exact) mass is 280 g/mol. The molecule has 0 saturated carbocycles. The Labute approximate surface area is 121 Å². The summed E-state index contributed by atoms with van der Waals surface area (Å²) in [7, 11) is 1.50. The average Bonchev–Trinajstić information content (AvgIpc) is 2.43. The molecule has 1 unspecified atom stereocenters. The molecule has 112 valence electrons. The lowest BCUT2D eigenvalue weighted by atomic mass is 9.95. The number of nitrogens with one attached hydrogen (secondary N) is 1. The van der Waals surface area contributed by atoms with Gasteiger partial charge in [-0.05, 0) is 26.3 Å². The summed E-state index contributed by atoms with van der Waals surface area (Å²) in [4.78, 5) is 2.36. The second kappa shape index (κ2) is 6.10. The van der Waals surface area contributed by atoms with Crippen molar-refractivity contribution in [3.63, 3.8) is 0 Å². The van der Waals surface area contributed by atoms with Gasteiger partial charge in [-0.3, -0.25) is 4.90 Å². The highest BCUT2D eigenvalue weighted by atomic mass is 19.1. The first kappa shape index (κ1) is 15.3. The lowest BCUT2D eigenvalue weighted by Crippen LogP contribution is -2.61. The van der Waals surface area contributed by atoms with Crippen LogP contribution in [0.1, 0.15) is 32.8 Å². The van der Waals surface area contributed by atoms with Gasteiger partial charge in [0.2, 0.25) is 0 Å². The molecule has 0 amide bonds. The highest BCUT2D eigenvalue weighted by molar-refractivity contribution is 5.31. The highest BCUT2D eigenvalue weighted by Crippen LogP contribution is 2.26. The van der Waals surface area contributed by atoms with Crippen LogP contribution in [0.25, 0.3) is 0 Å². The first-order valence-electron chi connectivity index (χ1n) is 7.27. The predicted molar refractivity (Wildman–Crippen MR) is 79.5 cm³/mol. The fourth-order valence-electron chi connectivity index (χ4n) is 2.68. The first-order chi connectivity index (χ1) is 9.47. The van der Waals surface area contributed by atoms with E-state index in [2.05, 4.69) is 31.0 Å². The SMILES string of the molecule is CCC1CN(Cc2cccc(OC)c2F)C(C)(C)CN1. The molecule has 1 aliphatic rings. The molecule has 1 N–H and O–H groups in total. The minimum absolute atomic E-state index is 0.0290. The molecule has 4 heteroatoms. The fourth-order valence-corrected chi connectivity index (χ4v) is 2.68. The van der Waals surface area contributed by atoms with Crippen molar-refractivity contribution in [1.82, 2.24) is 10.2 Å². The third kappa shape index (κ3) is 3.13. The van der Waals surface area contributed by atoms with Crippen molar-refractivity contribution >= 4 is 0 Å². The molecule has 1 saturated heterocycles. The number of hydrogen-bond donors (Lipinski definition) is 1. The summed E-state index contributed by atoms with van der Waals surface area (Å²) >= 11 is 0. The van der Waals surface area contributed by atoms with Gasteiger partial charge in [0.15, 0.2) is 11.6 Å². The second-order valence-corrected chi connectivity index (χ2v) is 6.11. The molecule has 1 heterocycles. The van der Waals surface area contributed by atoms with Crippen LogP contribution in [0, 0.1) is 5.82 Å². The second-order valence-electron chi connectivity index (χ2n) is 6.11. The molecule has 1 aliphatic heterocycles. The summed E-state index contributed by atoms with van der Waals surface area (Å²) < 4.78 is 19.4. The van der Waals surface area contributed by atoms with E-state index in [-0.39, 0.29) is 11.4 Å². The van der Waals surface area contributed by atoms with E-state index in [4.69, 9.17) is 4.74 Å². The Morgan fingerprint density at radius 2 is 2.20 bits per heavy atom. The van der Waals surface area contributed by atoms with Gasteiger partial charge in [-0.15, -0.1) is 0 Å². The number of hydrogen-bond acceptors (Lipinski definition) is 3. The number of benzene rings is 1. The van der Waals surface area contributed by atoms with Gasteiger partial charge in [0, 0.05) is 36.8 Å². The molecular formula is C16H25FN2O. The Balaban J connectivity index is 2.18. The van der Waals surface area contributed by atoms with Crippen LogP contribution in [-0.2, 0) is 6.54 Å². The van der Waals surface area contributed by atoms with Crippen LogP contribution in [-0.4, -0.2) is 36.7 Å². The Morgan fingerprint density at radius 1 is 1.45 bits per heavy atom. The van der Waals surface area contributed by atoms with Crippen LogP contribution in [0.15, 0.2) is 18.2 Å². The van der Waals surface area contributed by atoms with Gasteiger partial charge in [0.25, 0.3) is 0 Å². The average molecular weight is 280 g/mol. The van der Waals surface area contributed by atoms with Crippen molar-refractivity contribution in [2.24, 2.45) is 0 Å². The summed E-state index contributed by atoms with van der Waals surface area (Å²) in [6.45, 7) is 9.07. The minimum atomic E-state index is -0.239. The van der Waals surface area contributed by atoms with E-state index in [0.29, 0.717) is 23.9 Å². The lowest BCUT2D eigenvalue weighted by molar-refractivity contribution is 0.0566. The quantitative estimate of drug-likeness (QED) is 0.918. The zero-order chi connectivity index (χ0) is 14.8. The fraction of sp³-hybridized carbons (Fsp3) is 0.625. The normalized spacial score (nSPS) is 22.8. The lowest BCUT2D eigenvalue weighted by Gasteiger charge is -2.46. The van der Waals surface area contributed by atoms with Gasteiger partial charge in [-0.1, -0.05) is 19.1 Å². The van der Waals surface area contributed by atoms with E-state index in [1.54, 1.807) is 6.07 Å². The first-order valence-corrected chi connectivity index (χ1v) is 7.27. The number of rotatable bonds is 4. The van der Waals surface area contributed by atoms with Crippen molar-refractivity contribution < 1.29 is 9.13 Å². The molecule has 0 bridgehead atoms. The van der Waals surface area contributed by atoms with Gasteiger partial charge in [-0.2, -0.15) is 0 Å². The number of methoxy groups -OCH3 is 1. The Bertz CT molecular complexity index is 462. The molecule has 1 atom stereocenters. The van der Waals surface area contributed by atoms with Crippen molar-refractivity contribution in [2.45, 2.75) is 45.3 Å². The Morgan fingerprint density at radius 3 is 2.85 bits per heavy atom. The zero-order valence-electron chi connectivity index (χ0n) is 12.9. The van der Waals surface area contributed by atoms with Crippen LogP contribution >= 0.6 is 0 Å². The van der Waals surface area contributed by atoms with E-state index in [1.807, 2.05) is 12.1 Å². The molecule has 1 aromatic carbocycles. The third-order valence-corrected chi connectivity index (χ3v) is 4.24. The van der Waals surface area contributed by atoms with Crippen LogP contribution in [0.2, 0.25) is 0 Å². The van der Waals surface area contributed by atoms with Gasteiger partial charge >= 0.3 is 0 Å². The van der Waals surface area contributed by atoms with Gasteiger partial charge in [-0.25, -0.2) is 4.39 Å². The highest BCUT2D eigenvalue weighted by Gasteiger charge is 2.33. The van der Waals surface area contributed by atoms with Crippen LogP contribution < -0.4 is 10.1 Å². The van der Waals surface area contributed by atoms with Crippen molar-refractivity contribution in [3.8, 4) is 5.75 Å². The molecule has 0 radical (unpaired) electrons. The number of nitrogens with zero attached hydrogens (tertiary/aromatic N) is 1. The topological polar surface area (TPSA) is 24.5 Å². The Kier molecular flexibility index (Phi) is 4.66. The van der Waals surface area contributed by atoms with Crippen LogP contribution in [0.4, 0.5) is 4.39 Å². The maximum Gasteiger partial charge on any atom is 0.169 e. The predicted octanol–water partition coefficient (Wildman–Crippen LogP) is 2.80. The summed E-state index contributed by atoms with van der Waals surface area (Å²) in [6.07, 6.45) is 1.09. The van der Waals surface area contributed by atoms with Crippen molar-refractivity contribution in [1.29, 1.82) is 0 Å². The number of ether oxygens (including phenoxy) is 1. The van der Waals surface area contributed by atoms with Gasteiger partial charge in [0.1, 0.15) is 0 Å². The standard InChI is InChI=1S/C16H25FN2O/c1-5-13-10-19(16(2,3)11-18-13)9-12-7-6-8-14(20-4)15(12)17/h6-8,13,18H,5,9-11H2,1-4H3. The molecule has 3 nitrogen and oxygen atoms in total. The molecule has 1 fully saturated rings. The minimum Gasteiger partial charge on any atom is -0.494 e. The molecule has 0 aromatic heterocycles. The Hall–Kier alpha value is -1.13. The van der Waals surface area contributed by atoms with E-state index in [0.717, 1.165) is 19.5 Å². The van der Waals surface area contributed by atoms with E-state index < -0.39 is 0 Å². The summed E-state index contributed by atoms with van der Waals surface area (Å²) in [5.41, 5.74) is 0.732.